The van der Waals surface area contributed by atoms with Crippen LogP contribution in [0.4, 0.5) is 0 Å². The van der Waals surface area contributed by atoms with Crippen molar-refractivity contribution in [2.45, 2.75) is 56.7 Å². The van der Waals surface area contributed by atoms with Gasteiger partial charge < -0.3 is 19.6 Å². The largest absolute Gasteiger partial charge is 0.340 e. The van der Waals surface area contributed by atoms with Crippen molar-refractivity contribution in [1.82, 2.24) is 0 Å². The molecule has 0 radical (unpaired) electrons. The van der Waals surface area contributed by atoms with E-state index in [1.54, 1.807) is 0 Å². The molecule has 0 bridgehead atoms. The van der Waals surface area contributed by atoms with Gasteiger partial charge in [-0.25, -0.2) is 0 Å². The Balaban J connectivity index is 3.94. The minimum atomic E-state index is -4.73. The molecule has 0 saturated carbocycles. The van der Waals surface area contributed by atoms with Gasteiger partial charge in [-0.15, -0.1) is 0 Å². The van der Waals surface area contributed by atoms with Crippen LogP contribution < -0.4 is 0 Å². The van der Waals surface area contributed by atoms with E-state index < -0.39 is 20.6 Å². The molecule has 0 aliphatic rings. The Hall–Kier alpha value is 0.365. The Morgan fingerprint density at radius 1 is 0.778 bits per heavy atom. The average Bonchev–Trinajstić information content (AvgIpc) is 2.18. The fraction of sp³-hybridized carbons (Fsp3) is 1.00. The van der Waals surface area contributed by atoms with Crippen LogP contribution in [0.2, 0.25) is 6.32 Å². The highest BCUT2D eigenvalue weighted by molar-refractivity contribution is 7.70. The van der Waals surface area contributed by atoms with Gasteiger partial charge in [0.1, 0.15) is 7.85 Å². The molecule has 0 unspecified atom stereocenters. The molecule has 9 heteroatoms. The second-order valence-corrected chi connectivity index (χ2v) is 8.58. The van der Waals surface area contributed by atoms with Crippen molar-refractivity contribution in [2.24, 2.45) is 0 Å². The van der Waals surface area contributed by atoms with Crippen LogP contribution >= 0.6 is 15.2 Å². The second-order valence-electron chi connectivity index (χ2n) is 4.57. The van der Waals surface area contributed by atoms with Gasteiger partial charge in [-0.2, -0.15) is 0 Å². The van der Waals surface area contributed by atoms with Crippen molar-refractivity contribution in [3.63, 3.8) is 0 Å². The molecule has 0 saturated heterocycles. The summed E-state index contributed by atoms with van der Waals surface area (Å²) in [6, 6.07) is 0. The molecule has 6 nitrogen and oxygen atoms in total. The van der Waals surface area contributed by atoms with E-state index in [2.05, 4.69) is 7.85 Å². The lowest BCUT2D eigenvalue weighted by atomic mass is 9.98. The minimum absolute atomic E-state index is 0.123. The molecule has 0 atom stereocenters. The van der Waals surface area contributed by atoms with E-state index in [1.165, 1.54) is 6.42 Å². The van der Waals surface area contributed by atoms with Gasteiger partial charge in [0.15, 0.2) is 5.40 Å². The molecule has 0 aromatic heterocycles. The average molecular weight is 300 g/mol. The highest BCUT2D eigenvalue weighted by atomic mass is 31.2. The zero-order valence-corrected chi connectivity index (χ0v) is 12.5. The summed E-state index contributed by atoms with van der Waals surface area (Å²) in [5.74, 6) is 0. The van der Waals surface area contributed by atoms with Crippen LogP contribution in [0.5, 0.6) is 0 Å². The van der Waals surface area contributed by atoms with E-state index in [1.807, 2.05) is 0 Å². The van der Waals surface area contributed by atoms with Gasteiger partial charge >= 0.3 is 15.2 Å². The Labute approximate surface area is 109 Å². The lowest BCUT2D eigenvalue weighted by Crippen LogP contribution is -2.09. The van der Waals surface area contributed by atoms with Gasteiger partial charge in [0.05, 0.1) is 0 Å². The van der Waals surface area contributed by atoms with Gasteiger partial charge in [0, 0.05) is 0 Å². The quantitative estimate of drug-likeness (QED) is 0.276. The van der Waals surface area contributed by atoms with Crippen LogP contribution in [0.1, 0.15) is 44.9 Å². The SMILES string of the molecule is BCCCCCCCCC(P(=O)(O)O)P(=O)(O)O. The third-order valence-corrected chi connectivity index (χ3v) is 6.72. The summed E-state index contributed by atoms with van der Waals surface area (Å²) in [6.45, 7) is 0. The van der Waals surface area contributed by atoms with Crippen molar-refractivity contribution in [3.05, 3.63) is 0 Å². The zero-order chi connectivity index (χ0) is 14.2. The standard InChI is InChI=1S/C9H23BO6P2/c10-8-6-4-2-1-3-5-7-9(17(11,12)13)18(14,15)16/h9H,1-8,10H2,(H2,11,12,13)(H2,14,15,16). The molecule has 0 aliphatic carbocycles. The monoisotopic (exact) mass is 300 g/mol. The Kier molecular flexibility index (Phi) is 8.69. The summed E-state index contributed by atoms with van der Waals surface area (Å²) in [5.41, 5.74) is 0. The van der Waals surface area contributed by atoms with E-state index in [9.17, 15) is 9.13 Å². The molecule has 0 heterocycles. The predicted octanol–water partition coefficient (Wildman–Crippen LogP) is 1.45. The summed E-state index contributed by atoms with van der Waals surface area (Å²) in [5, 5.41) is -1.83. The summed E-state index contributed by atoms with van der Waals surface area (Å²) < 4.78 is 22.0. The normalized spacial score (nSPS) is 13.2. The summed E-state index contributed by atoms with van der Waals surface area (Å²) in [6.07, 6.45) is 6.53. The van der Waals surface area contributed by atoms with Crippen LogP contribution in [0, 0.1) is 0 Å². The van der Waals surface area contributed by atoms with E-state index >= 15 is 0 Å². The molecule has 18 heavy (non-hydrogen) atoms. The minimum Gasteiger partial charge on any atom is -0.324 e. The Morgan fingerprint density at radius 3 is 1.56 bits per heavy atom. The first kappa shape index (κ1) is 18.4. The number of hydrogen-bond donors (Lipinski definition) is 4. The smallest absolute Gasteiger partial charge is 0.324 e. The molecule has 4 N–H and O–H groups in total. The van der Waals surface area contributed by atoms with Crippen LogP contribution in [-0.2, 0) is 9.13 Å². The lowest BCUT2D eigenvalue weighted by Gasteiger charge is -2.19. The first-order valence-corrected chi connectivity index (χ1v) is 9.66. The third kappa shape index (κ3) is 8.46. The van der Waals surface area contributed by atoms with Gasteiger partial charge in [-0.3, -0.25) is 9.13 Å². The summed E-state index contributed by atoms with van der Waals surface area (Å²) in [7, 11) is -7.34. The molecule has 0 rings (SSSR count). The van der Waals surface area contributed by atoms with Crippen LogP contribution in [0.15, 0.2) is 0 Å². The summed E-state index contributed by atoms with van der Waals surface area (Å²) in [4.78, 5) is 35.6. The highest BCUT2D eigenvalue weighted by Gasteiger charge is 2.42. The maximum atomic E-state index is 11.0. The molecule has 0 amide bonds. The van der Waals surface area contributed by atoms with Crippen molar-refractivity contribution >= 4 is 23.0 Å². The van der Waals surface area contributed by atoms with Gasteiger partial charge in [-0.1, -0.05) is 44.8 Å². The van der Waals surface area contributed by atoms with E-state index in [0.717, 1.165) is 32.0 Å². The molecular formula is C9H23BO6P2. The highest BCUT2D eigenvalue weighted by Crippen LogP contribution is 2.61. The van der Waals surface area contributed by atoms with Crippen molar-refractivity contribution < 1.29 is 28.7 Å². The molecule has 0 aromatic rings. The fourth-order valence-electron chi connectivity index (χ4n) is 1.82. The molecule has 0 fully saturated rings. The molecule has 0 aromatic carbocycles. The first-order chi connectivity index (χ1) is 8.19. The zero-order valence-electron chi connectivity index (χ0n) is 10.7. The molecule has 108 valence electrons. The van der Waals surface area contributed by atoms with E-state index in [-0.39, 0.29) is 6.42 Å². The van der Waals surface area contributed by atoms with Crippen LogP contribution in [0.25, 0.3) is 0 Å². The Morgan fingerprint density at radius 2 is 1.17 bits per heavy atom. The first-order valence-electron chi connectivity index (χ1n) is 6.30. The Bertz CT molecular complexity index is 290. The van der Waals surface area contributed by atoms with Gasteiger partial charge in [-0.05, 0) is 6.42 Å². The van der Waals surface area contributed by atoms with Gasteiger partial charge in [0.2, 0.25) is 0 Å². The maximum Gasteiger partial charge on any atom is 0.340 e. The van der Waals surface area contributed by atoms with Crippen LogP contribution in [-0.4, -0.2) is 32.8 Å². The van der Waals surface area contributed by atoms with Crippen molar-refractivity contribution in [2.75, 3.05) is 0 Å². The second kappa shape index (κ2) is 8.52. The molecule has 0 spiro atoms. The lowest BCUT2D eigenvalue weighted by molar-refractivity contribution is 0.333. The van der Waals surface area contributed by atoms with Crippen LogP contribution in [0.3, 0.4) is 0 Å². The number of hydrogen-bond acceptors (Lipinski definition) is 2. The predicted molar refractivity (Wildman–Crippen MR) is 73.5 cm³/mol. The van der Waals surface area contributed by atoms with Gasteiger partial charge in [0.25, 0.3) is 0 Å². The number of unbranched alkanes of at least 4 members (excludes halogenated alkanes) is 5. The fourth-order valence-corrected chi connectivity index (χ4v) is 4.42. The van der Waals surface area contributed by atoms with Crippen molar-refractivity contribution in [1.29, 1.82) is 0 Å². The third-order valence-electron chi connectivity index (χ3n) is 2.84. The number of rotatable bonds is 10. The topological polar surface area (TPSA) is 115 Å². The van der Waals surface area contributed by atoms with E-state index in [0.29, 0.717) is 6.42 Å². The van der Waals surface area contributed by atoms with Crippen molar-refractivity contribution in [3.8, 4) is 0 Å². The maximum absolute atomic E-state index is 11.0. The van der Waals surface area contributed by atoms with E-state index in [4.69, 9.17) is 19.6 Å². The molecule has 0 aliphatic heterocycles. The summed E-state index contributed by atoms with van der Waals surface area (Å²) >= 11 is 0. The molecular weight excluding hydrogens is 277 g/mol.